The minimum absolute atomic E-state index is 0.0836. The van der Waals surface area contributed by atoms with Gasteiger partial charge in [0, 0.05) is 47.7 Å². The molecule has 0 saturated heterocycles. The summed E-state index contributed by atoms with van der Waals surface area (Å²) in [5.41, 5.74) is 13.0. The third kappa shape index (κ3) is 3.27. The van der Waals surface area contributed by atoms with Crippen molar-refractivity contribution in [3.8, 4) is 11.1 Å². The van der Waals surface area contributed by atoms with Crippen molar-refractivity contribution in [2.45, 2.75) is 38.5 Å². The maximum Gasteiger partial charge on any atom is 0.0454 e. The maximum atomic E-state index is 2.47. The molecule has 206 valence electrons. The Hall–Kier alpha value is -4.56. The first-order chi connectivity index (χ1) is 20.2. The third-order valence-corrected chi connectivity index (χ3v) is 10.2. The van der Waals surface area contributed by atoms with E-state index in [-0.39, 0.29) is 10.8 Å². The van der Waals surface area contributed by atoms with E-state index in [0.717, 1.165) is 0 Å². The molecule has 2 aliphatic rings. The standard InChI is InChI=1S/C40H36N2/c1-39(2)31-17-11-12-18-35(31)41(5)37-24-34-38(23-33(37)39)42(6)36-20-19-26(22-32(36)40(34,3)4)30-21-25-13-7-8-14-27(25)28-15-9-10-16-29(28)30/h7-24H,1-6H3. The maximum absolute atomic E-state index is 2.47. The highest BCUT2D eigenvalue weighted by Crippen LogP contribution is 2.55. The predicted molar refractivity (Wildman–Crippen MR) is 180 cm³/mol. The number of hydrogen-bond donors (Lipinski definition) is 0. The summed E-state index contributed by atoms with van der Waals surface area (Å²) >= 11 is 0. The number of anilines is 4. The molecule has 0 aromatic heterocycles. The zero-order chi connectivity index (χ0) is 29.0. The molecule has 2 heterocycles. The van der Waals surface area contributed by atoms with Crippen LogP contribution in [-0.2, 0) is 10.8 Å². The minimum Gasteiger partial charge on any atom is -0.344 e. The van der Waals surface area contributed by atoms with Gasteiger partial charge in [0.1, 0.15) is 0 Å². The van der Waals surface area contributed by atoms with Gasteiger partial charge in [0.2, 0.25) is 0 Å². The summed E-state index contributed by atoms with van der Waals surface area (Å²) in [7, 11) is 4.45. The summed E-state index contributed by atoms with van der Waals surface area (Å²) in [5, 5.41) is 5.20. The molecule has 0 saturated carbocycles. The summed E-state index contributed by atoms with van der Waals surface area (Å²) in [6.45, 7) is 9.53. The molecule has 0 amide bonds. The summed E-state index contributed by atoms with van der Waals surface area (Å²) in [6, 6.07) is 40.9. The van der Waals surface area contributed by atoms with Crippen LogP contribution in [0.5, 0.6) is 0 Å². The Labute approximate surface area is 248 Å². The van der Waals surface area contributed by atoms with Crippen LogP contribution in [0.25, 0.3) is 32.7 Å². The highest BCUT2D eigenvalue weighted by molar-refractivity contribution is 6.13. The fraction of sp³-hybridized carbons (Fsp3) is 0.200. The fourth-order valence-electron chi connectivity index (χ4n) is 7.77. The van der Waals surface area contributed by atoms with Gasteiger partial charge in [0.05, 0.1) is 0 Å². The van der Waals surface area contributed by atoms with Gasteiger partial charge in [-0.1, -0.05) is 100 Å². The first-order valence-corrected chi connectivity index (χ1v) is 15.0. The number of fused-ring (bicyclic) bond motifs is 7. The number of benzene rings is 6. The highest BCUT2D eigenvalue weighted by Gasteiger charge is 2.41. The van der Waals surface area contributed by atoms with Crippen LogP contribution in [0.3, 0.4) is 0 Å². The molecule has 42 heavy (non-hydrogen) atoms. The van der Waals surface area contributed by atoms with Crippen molar-refractivity contribution in [2.75, 3.05) is 23.9 Å². The lowest BCUT2D eigenvalue weighted by atomic mass is 9.69. The smallest absolute Gasteiger partial charge is 0.0454 e. The zero-order valence-corrected chi connectivity index (χ0v) is 25.3. The van der Waals surface area contributed by atoms with Crippen LogP contribution in [0.1, 0.15) is 49.9 Å². The Morgan fingerprint density at radius 3 is 1.67 bits per heavy atom. The van der Waals surface area contributed by atoms with E-state index in [4.69, 9.17) is 0 Å². The van der Waals surface area contributed by atoms with E-state index in [0.29, 0.717) is 0 Å². The Bertz CT molecular complexity index is 2080. The van der Waals surface area contributed by atoms with Crippen molar-refractivity contribution in [2.24, 2.45) is 0 Å². The van der Waals surface area contributed by atoms with E-state index in [1.54, 1.807) is 0 Å². The van der Waals surface area contributed by atoms with Gasteiger partial charge in [-0.2, -0.15) is 0 Å². The Balaban J connectivity index is 1.33. The normalized spacial score (nSPS) is 16.1. The summed E-state index contributed by atoms with van der Waals surface area (Å²) in [6.07, 6.45) is 0. The van der Waals surface area contributed by atoms with E-state index >= 15 is 0 Å². The van der Waals surface area contributed by atoms with E-state index < -0.39 is 0 Å². The lowest BCUT2D eigenvalue weighted by Crippen LogP contribution is -2.35. The number of hydrogen-bond acceptors (Lipinski definition) is 2. The van der Waals surface area contributed by atoms with Gasteiger partial charge in [-0.15, -0.1) is 0 Å². The number of para-hydroxylation sites is 1. The van der Waals surface area contributed by atoms with Gasteiger partial charge in [0.25, 0.3) is 0 Å². The summed E-state index contributed by atoms with van der Waals surface area (Å²) in [5.74, 6) is 0. The lowest BCUT2D eigenvalue weighted by molar-refractivity contribution is 0.612. The molecule has 0 unspecified atom stereocenters. The third-order valence-electron chi connectivity index (χ3n) is 10.2. The van der Waals surface area contributed by atoms with Crippen LogP contribution < -0.4 is 9.80 Å². The molecule has 0 spiro atoms. The van der Waals surface area contributed by atoms with Crippen LogP contribution in [0.2, 0.25) is 0 Å². The van der Waals surface area contributed by atoms with Crippen LogP contribution in [0.4, 0.5) is 22.7 Å². The van der Waals surface area contributed by atoms with Gasteiger partial charge >= 0.3 is 0 Å². The summed E-state index contributed by atoms with van der Waals surface area (Å²) in [4.78, 5) is 4.80. The number of nitrogens with zero attached hydrogens (tertiary/aromatic N) is 2. The van der Waals surface area contributed by atoms with Crippen molar-refractivity contribution in [1.82, 2.24) is 0 Å². The average molecular weight is 545 g/mol. The molecule has 0 bridgehead atoms. The highest BCUT2D eigenvalue weighted by atomic mass is 15.1. The van der Waals surface area contributed by atoms with Crippen molar-refractivity contribution in [3.63, 3.8) is 0 Å². The number of rotatable bonds is 1. The van der Waals surface area contributed by atoms with Gasteiger partial charge in [-0.3, -0.25) is 0 Å². The van der Waals surface area contributed by atoms with Crippen LogP contribution in [0.15, 0.2) is 109 Å². The molecule has 0 atom stereocenters. The molecule has 0 radical (unpaired) electrons. The molecular weight excluding hydrogens is 508 g/mol. The van der Waals surface area contributed by atoms with Crippen LogP contribution in [-0.4, -0.2) is 14.1 Å². The Morgan fingerprint density at radius 1 is 0.429 bits per heavy atom. The first kappa shape index (κ1) is 25.2. The van der Waals surface area contributed by atoms with Gasteiger partial charge < -0.3 is 9.80 Å². The second kappa shape index (κ2) is 8.49. The molecule has 6 aromatic rings. The van der Waals surface area contributed by atoms with Gasteiger partial charge in [0.15, 0.2) is 0 Å². The van der Waals surface area contributed by atoms with E-state index in [1.165, 1.54) is 77.7 Å². The van der Waals surface area contributed by atoms with Crippen LogP contribution in [0, 0.1) is 0 Å². The van der Waals surface area contributed by atoms with Crippen molar-refractivity contribution in [3.05, 3.63) is 131 Å². The largest absolute Gasteiger partial charge is 0.344 e. The SMILES string of the molecule is CN1c2ccccc2C(C)(C)c2cc3c(cc21)C(C)(C)c1cc(-c2cc4ccccc4c4ccccc24)ccc1N3C. The molecule has 0 aliphatic carbocycles. The zero-order valence-electron chi connectivity index (χ0n) is 25.3. The molecule has 8 rings (SSSR count). The minimum atomic E-state index is -0.170. The molecular formula is C40H36N2. The van der Waals surface area contributed by atoms with E-state index in [2.05, 4.69) is 161 Å². The monoisotopic (exact) mass is 544 g/mol. The molecule has 2 heteroatoms. The molecule has 0 fully saturated rings. The molecule has 6 aromatic carbocycles. The summed E-state index contributed by atoms with van der Waals surface area (Å²) < 4.78 is 0. The molecule has 2 aliphatic heterocycles. The van der Waals surface area contributed by atoms with Gasteiger partial charge in [-0.25, -0.2) is 0 Å². The van der Waals surface area contributed by atoms with Gasteiger partial charge in [-0.05, 0) is 91.3 Å². The molecule has 0 N–H and O–H groups in total. The van der Waals surface area contributed by atoms with Crippen molar-refractivity contribution in [1.29, 1.82) is 0 Å². The van der Waals surface area contributed by atoms with E-state index in [1.807, 2.05) is 0 Å². The first-order valence-electron chi connectivity index (χ1n) is 15.0. The lowest BCUT2D eigenvalue weighted by Gasteiger charge is -2.45. The topological polar surface area (TPSA) is 6.48 Å². The van der Waals surface area contributed by atoms with E-state index in [9.17, 15) is 0 Å². The van der Waals surface area contributed by atoms with Crippen LogP contribution >= 0.6 is 0 Å². The van der Waals surface area contributed by atoms with Crippen molar-refractivity contribution < 1.29 is 0 Å². The van der Waals surface area contributed by atoms with Crippen molar-refractivity contribution >= 4 is 44.3 Å². The second-order valence-corrected chi connectivity index (χ2v) is 13.2. The Morgan fingerprint density at radius 2 is 0.952 bits per heavy atom. The Kier molecular flexibility index (Phi) is 5.09. The predicted octanol–water partition coefficient (Wildman–Crippen LogP) is 10.5. The quantitative estimate of drug-likeness (QED) is 0.190. The molecule has 2 nitrogen and oxygen atoms in total. The second-order valence-electron chi connectivity index (χ2n) is 13.2. The average Bonchev–Trinajstić information content (AvgIpc) is 3.02. The fourth-order valence-corrected chi connectivity index (χ4v) is 7.77.